The van der Waals surface area contributed by atoms with E-state index in [0.29, 0.717) is 8.58 Å². The normalized spacial score (nSPS) is 12.2. The van der Waals surface area contributed by atoms with Gasteiger partial charge in [-0.3, -0.25) is 0 Å². The Labute approximate surface area is 219 Å². The molecule has 0 saturated carbocycles. The van der Waals surface area contributed by atoms with E-state index in [1.165, 1.54) is 53.8 Å². The molecule has 0 bridgehead atoms. The van der Waals surface area contributed by atoms with Gasteiger partial charge in [-0.15, -0.1) is 0 Å². The van der Waals surface area contributed by atoms with Gasteiger partial charge in [0.1, 0.15) is 0 Å². The predicted molar refractivity (Wildman–Crippen MR) is 163 cm³/mol. The maximum absolute atomic E-state index is 2.46. The highest BCUT2D eigenvalue weighted by molar-refractivity contribution is 8.33. The standard InChI is InChI=1S/C34H33PS/c1-25-13-11-12-18-31(25)32-23-24-33(34(26(32)2)36(3,4)30-16-9-6-10-17-30)35-29-21-19-28(20-22-29)27-14-7-5-8-15-27/h5-24,35H,1-4H3. The van der Waals surface area contributed by atoms with Crippen molar-refractivity contribution < 1.29 is 0 Å². The molecule has 5 rings (SSSR count). The fourth-order valence-electron chi connectivity index (χ4n) is 5.03. The first-order valence-electron chi connectivity index (χ1n) is 12.4. The summed E-state index contributed by atoms with van der Waals surface area (Å²) in [5, 5.41) is 2.84. The summed E-state index contributed by atoms with van der Waals surface area (Å²) in [5.74, 6) is 0. The van der Waals surface area contributed by atoms with E-state index >= 15 is 0 Å². The first-order valence-corrected chi connectivity index (χ1v) is 15.8. The molecule has 0 heterocycles. The largest absolute Gasteiger partial charge is 0.193 e. The minimum Gasteiger partial charge on any atom is -0.193 e. The molecule has 0 aliphatic rings. The Morgan fingerprint density at radius 1 is 0.528 bits per heavy atom. The van der Waals surface area contributed by atoms with E-state index in [0.717, 1.165) is 0 Å². The van der Waals surface area contributed by atoms with Crippen molar-refractivity contribution >= 4 is 29.2 Å². The monoisotopic (exact) mass is 504 g/mol. The van der Waals surface area contributed by atoms with Crippen molar-refractivity contribution in [3.05, 3.63) is 132 Å². The minimum atomic E-state index is -1.21. The fraction of sp³-hybridized carbons (Fsp3) is 0.118. The highest BCUT2D eigenvalue weighted by Crippen LogP contribution is 2.58. The Kier molecular flexibility index (Phi) is 7.15. The van der Waals surface area contributed by atoms with Crippen molar-refractivity contribution in [2.75, 3.05) is 12.5 Å². The van der Waals surface area contributed by atoms with E-state index in [-0.39, 0.29) is 0 Å². The van der Waals surface area contributed by atoms with Crippen molar-refractivity contribution in [2.45, 2.75) is 23.6 Å². The van der Waals surface area contributed by atoms with Crippen molar-refractivity contribution in [1.82, 2.24) is 0 Å². The molecule has 0 N–H and O–H groups in total. The lowest BCUT2D eigenvalue weighted by Gasteiger charge is -2.36. The third-order valence-corrected chi connectivity index (χ3v) is 11.4. The maximum atomic E-state index is 2.46. The van der Waals surface area contributed by atoms with E-state index in [1.807, 2.05) is 0 Å². The quantitative estimate of drug-likeness (QED) is 0.203. The molecule has 0 spiro atoms. The first-order chi connectivity index (χ1) is 17.4. The van der Waals surface area contributed by atoms with Crippen LogP contribution < -0.4 is 10.6 Å². The van der Waals surface area contributed by atoms with Crippen LogP contribution in [0.5, 0.6) is 0 Å². The summed E-state index contributed by atoms with van der Waals surface area (Å²) in [4.78, 5) is 2.96. The van der Waals surface area contributed by atoms with Gasteiger partial charge in [0, 0.05) is 4.90 Å². The Morgan fingerprint density at radius 2 is 1.11 bits per heavy atom. The Balaban J connectivity index is 1.60. The lowest BCUT2D eigenvalue weighted by atomic mass is 9.97. The molecular weight excluding hydrogens is 471 g/mol. The van der Waals surface area contributed by atoms with Gasteiger partial charge in [0.05, 0.1) is 0 Å². The smallest absolute Gasteiger partial charge is 0.00494 e. The Hall–Kier alpha value is -3.12. The van der Waals surface area contributed by atoms with E-state index in [2.05, 4.69) is 148 Å². The van der Waals surface area contributed by atoms with Crippen LogP contribution in [-0.4, -0.2) is 12.5 Å². The van der Waals surface area contributed by atoms with Crippen molar-refractivity contribution in [1.29, 1.82) is 0 Å². The Bertz CT molecular complexity index is 1470. The first kappa shape index (κ1) is 24.6. The molecule has 36 heavy (non-hydrogen) atoms. The molecule has 1 atom stereocenters. The van der Waals surface area contributed by atoms with Crippen LogP contribution in [0.25, 0.3) is 22.3 Å². The van der Waals surface area contributed by atoms with Crippen LogP contribution in [0.3, 0.4) is 0 Å². The second-order valence-electron chi connectivity index (χ2n) is 9.64. The lowest BCUT2D eigenvalue weighted by Crippen LogP contribution is -2.15. The zero-order valence-corrected chi connectivity index (χ0v) is 23.3. The molecule has 0 aliphatic heterocycles. The molecular formula is C34H33PS. The lowest BCUT2D eigenvalue weighted by molar-refractivity contribution is 1.29. The second-order valence-corrected chi connectivity index (χ2v) is 14.5. The van der Waals surface area contributed by atoms with Gasteiger partial charge in [0.25, 0.3) is 0 Å². The van der Waals surface area contributed by atoms with Crippen LogP contribution >= 0.6 is 18.6 Å². The molecule has 0 fully saturated rings. The van der Waals surface area contributed by atoms with Crippen LogP contribution in [0, 0.1) is 13.8 Å². The number of hydrogen-bond acceptors (Lipinski definition) is 0. The fourth-order valence-corrected chi connectivity index (χ4v) is 9.62. The van der Waals surface area contributed by atoms with Crippen LogP contribution in [-0.2, 0) is 0 Å². The summed E-state index contributed by atoms with van der Waals surface area (Å²) in [6.45, 7) is 4.55. The average Bonchev–Trinajstić information content (AvgIpc) is 2.91. The molecule has 5 aromatic rings. The van der Waals surface area contributed by atoms with Crippen LogP contribution in [0.15, 0.2) is 131 Å². The molecule has 0 nitrogen and oxygen atoms in total. The topological polar surface area (TPSA) is 0 Å². The van der Waals surface area contributed by atoms with Crippen LogP contribution in [0.2, 0.25) is 0 Å². The van der Waals surface area contributed by atoms with E-state index in [4.69, 9.17) is 0 Å². The van der Waals surface area contributed by atoms with Gasteiger partial charge in [-0.05, 0) is 87.4 Å². The molecule has 0 aliphatic carbocycles. The predicted octanol–water partition coefficient (Wildman–Crippen LogP) is 8.75. The number of benzene rings is 5. The van der Waals surface area contributed by atoms with E-state index in [9.17, 15) is 0 Å². The Morgan fingerprint density at radius 3 is 1.78 bits per heavy atom. The highest BCUT2D eigenvalue weighted by atomic mass is 32.3. The summed E-state index contributed by atoms with van der Waals surface area (Å²) in [6, 6.07) is 44.3. The van der Waals surface area contributed by atoms with Crippen LogP contribution in [0.1, 0.15) is 11.1 Å². The molecule has 0 saturated heterocycles. The molecule has 0 radical (unpaired) electrons. The summed E-state index contributed by atoms with van der Waals surface area (Å²) < 4.78 is 0. The SMILES string of the molecule is Cc1ccccc1-c1ccc(Pc2ccc(-c3ccccc3)cc2)c(S(C)(C)c2ccccc2)c1C. The molecule has 180 valence electrons. The van der Waals surface area contributed by atoms with E-state index < -0.39 is 10.0 Å². The average molecular weight is 505 g/mol. The van der Waals surface area contributed by atoms with Gasteiger partial charge in [0.2, 0.25) is 0 Å². The number of rotatable bonds is 6. The number of hydrogen-bond donors (Lipinski definition) is 0. The van der Waals surface area contributed by atoms with Crippen molar-refractivity contribution in [3.63, 3.8) is 0 Å². The zero-order valence-electron chi connectivity index (χ0n) is 21.5. The third kappa shape index (κ3) is 4.92. The maximum Gasteiger partial charge on any atom is 0.00494 e. The summed E-state index contributed by atoms with van der Waals surface area (Å²) in [7, 11) is -0.591. The second kappa shape index (κ2) is 10.5. The third-order valence-electron chi connectivity index (χ3n) is 6.95. The number of aryl methyl sites for hydroxylation is 1. The molecule has 0 amide bonds. The van der Waals surface area contributed by atoms with Gasteiger partial charge in [-0.2, -0.15) is 10.0 Å². The van der Waals surface area contributed by atoms with Gasteiger partial charge in [0.15, 0.2) is 0 Å². The molecule has 5 aromatic carbocycles. The minimum absolute atomic E-state index is 0.617. The van der Waals surface area contributed by atoms with Crippen molar-refractivity contribution in [2.24, 2.45) is 0 Å². The van der Waals surface area contributed by atoms with Crippen molar-refractivity contribution in [3.8, 4) is 22.3 Å². The van der Waals surface area contributed by atoms with Gasteiger partial charge in [-0.1, -0.05) is 118 Å². The van der Waals surface area contributed by atoms with Gasteiger partial charge in [-0.25, -0.2) is 0 Å². The highest BCUT2D eigenvalue weighted by Gasteiger charge is 2.25. The summed E-state index contributed by atoms with van der Waals surface area (Å²) in [5.41, 5.74) is 7.96. The summed E-state index contributed by atoms with van der Waals surface area (Å²) in [6.07, 6.45) is 4.91. The summed E-state index contributed by atoms with van der Waals surface area (Å²) >= 11 is 0. The van der Waals surface area contributed by atoms with Gasteiger partial charge >= 0.3 is 0 Å². The van der Waals surface area contributed by atoms with Crippen LogP contribution in [0.4, 0.5) is 0 Å². The molecule has 0 aromatic heterocycles. The van der Waals surface area contributed by atoms with Gasteiger partial charge < -0.3 is 0 Å². The van der Waals surface area contributed by atoms with E-state index in [1.54, 1.807) is 0 Å². The molecule has 2 heteroatoms. The zero-order chi connectivity index (χ0) is 25.1. The molecule has 1 unspecified atom stereocenters.